The number of thiophene rings is 1. The molecule has 0 radical (unpaired) electrons. The van der Waals surface area contributed by atoms with Crippen LogP contribution in [0, 0.1) is 6.92 Å². The molecule has 7 heteroatoms. The van der Waals surface area contributed by atoms with E-state index in [0.717, 1.165) is 20.5 Å². The number of hydrogen-bond donors (Lipinski definition) is 1. The van der Waals surface area contributed by atoms with Gasteiger partial charge >= 0.3 is 0 Å². The van der Waals surface area contributed by atoms with Gasteiger partial charge in [0.25, 0.3) is 5.56 Å². The third kappa shape index (κ3) is 2.93. The number of ether oxygens (including phenoxy) is 1. The highest BCUT2D eigenvalue weighted by Gasteiger charge is 2.22. The summed E-state index contributed by atoms with van der Waals surface area (Å²) >= 11 is 1.55. The molecule has 2 aromatic heterocycles. The normalized spacial score (nSPS) is 12.2. The summed E-state index contributed by atoms with van der Waals surface area (Å²) in [6.07, 6.45) is 0. The van der Waals surface area contributed by atoms with Gasteiger partial charge in [-0.25, -0.2) is 4.68 Å². The minimum Gasteiger partial charge on any atom is -0.495 e. The van der Waals surface area contributed by atoms with E-state index >= 15 is 0 Å². The number of nitrogens with one attached hydrogen (secondary N) is 1. The zero-order valence-corrected chi connectivity index (χ0v) is 16.5. The van der Waals surface area contributed by atoms with Crippen molar-refractivity contribution in [2.45, 2.75) is 19.9 Å². The van der Waals surface area contributed by atoms with Crippen molar-refractivity contribution in [2.24, 2.45) is 0 Å². The molecule has 0 spiro atoms. The standard InChI is InChI=1S/C21H19N3O3S/c1-12-19-18(14-8-4-7-11-17(14)28-19)21(26)24(23-12)13(2)20(25)22-15-9-5-6-10-16(15)27-3/h4-11,13H,1-3H3,(H,22,25)/t13-/m0/s1. The maximum atomic E-state index is 13.2. The molecular weight excluding hydrogens is 374 g/mol. The van der Waals surface area contributed by atoms with E-state index in [4.69, 9.17) is 4.74 Å². The molecule has 2 heterocycles. The molecule has 0 unspecified atom stereocenters. The Morgan fingerprint density at radius 1 is 1.18 bits per heavy atom. The highest BCUT2D eigenvalue weighted by Crippen LogP contribution is 2.33. The molecule has 0 saturated heterocycles. The van der Waals surface area contributed by atoms with Gasteiger partial charge in [0, 0.05) is 10.1 Å². The van der Waals surface area contributed by atoms with Crippen molar-refractivity contribution in [3.05, 3.63) is 64.6 Å². The van der Waals surface area contributed by atoms with E-state index in [2.05, 4.69) is 10.4 Å². The van der Waals surface area contributed by atoms with Gasteiger partial charge in [-0.3, -0.25) is 9.59 Å². The molecule has 1 atom stereocenters. The summed E-state index contributed by atoms with van der Waals surface area (Å²) in [6.45, 7) is 3.53. The molecule has 0 aliphatic heterocycles. The smallest absolute Gasteiger partial charge is 0.276 e. The average molecular weight is 393 g/mol. The lowest BCUT2D eigenvalue weighted by Crippen LogP contribution is -2.33. The van der Waals surface area contributed by atoms with Crippen LogP contribution in [0.5, 0.6) is 5.75 Å². The Morgan fingerprint density at radius 3 is 2.68 bits per heavy atom. The number of nitrogens with zero attached hydrogens (tertiary/aromatic N) is 2. The first kappa shape index (κ1) is 18.2. The number of carbonyl (C=O) groups excluding carboxylic acids is 1. The van der Waals surface area contributed by atoms with E-state index in [9.17, 15) is 9.59 Å². The number of carbonyl (C=O) groups is 1. The van der Waals surface area contributed by atoms with E-state index in [1.165, 1.54) is 4.68 Å². The first-order chi connectivity index (χ1) is 13.5. The van der Waals surface area contributed by atoms with Gasteiger partial charge < -0.3 is 10.1 Å². The monoisotopic (exact) mass is 393 g/mol. The number of methoxy groups -OCH3 is 1. The van der Waals surface area contributed by atoms with Crippen LogP contribution in [0.3, 0.4) is 0 Å². The van der Waals surface area contributed by atoms with E-state index in [1.807, 2.05) is 37.3 Å². The largest absolute Gasteiger partial charge is 0.495 e. The average Bonchev–Trinajstić information content (AvgIpc) is 3.11. The number of hydrogen-bond acceptors (Lipinski definition) is 5. The van der Waals surface area contributed by atoms with Crippen LogP contribution in [0.2, 0.25) is 0 Å². The molecule has 2 aromatic carbocycles. The van der Waals surface area contributed by atoms with Crippen LogP contribution in [-0.4, -0.2) is 22.8 Å². The summed E-state index contributed by atoms with van der Waals surface area (Å²) in [7, 11) is 1.54. The lowest BCUT2D eigenvalue weighted by atomic mass is 10.2. The van der Waals surface area contributed by atoms with Gasteiger partial charge in [-0.15, -0.1) is 11.3 Å². The Hall–Kier alpha value is -3.19. The van der Waals surface area contributed by atoms with Gasteiger partial charge in [0.05, 0.1) is 28.6 Å². The quantitative estimate of drug-likeness (QED) is 0.566. The molecule has 1 N–H and O–H groups in total. The van der Waals surface area contributed by atoms with Gasteiger partial charge in [0.1, 0.15) is 11.8 Å². The highest BCUT2D eigenvalue weighted by molar-refractivity contribution is 7.26. The van der Waals surface area contributed by atoms with Crippen LogP contribution in [0.25, 0.3) is 20.2 Å². The van der Waals surface area contributed by atoms with Gasteiger partial charge in [-0.05, 0) is 32.0 Å². The van der Waals surface area contributed by atoms with Crippen molar-refractivity contribution in [1.82, 2.24) is 9.78 Å². The zero-order chi connectivity index (χ0) is 19.8. The van der Waals surface area contributed by atoms with Crippen molar-refractivity contribution in [3.8, 4) is 5.75 Å². The molecule has 142 valence electrons. The van der Waals surface area contributed by atoms with Gasteiger partial charge in [0.2, 0.25) is 5.91 Å². The second-order valence-electron chi connectivity index (χ2n) is 6.50. The number of anilines is 1. The SMILES string of the molecule is COc1ccccc1NC(=O)[C@H](C)n1nc(C)c2sc3ccccc3c2c1=O. The fraction of sp³-hybridized carbons (Fsp3) is 0.190. The summed E-state index contributed by atoms with van der Waals surface area (Å²) in [6, 6.07) is 14.1. The second-order valence-corrected chi connectivity index (χ2v) is 7.56. The van der Waals surface area contributed by atoms with Crippen molar-refractivity contribution in [1.29, 1.82) is 0 Å². The highest BCUT2D eigenvalue weighted by atomic mass is 32.1. The second kappa shape index (κ2) is 7.09. The topological polar surface area (TPSA) is 73.2 Å². The van der Waals surface area contributed by atoms with Crippen molar-refractivity contribution >= 4 is 43.1 Å². The third-order valence-corrected chi connectivity index (χ3v) is 5.99. The van der Waals surface area contributed by atoms with Gasteiger partial charge in [-0.2, -0.15) is 5.10 Å². The van der Waals surface area contributed by atoms with Crippen molar-refractivity contribution in [2.75, 3.05) is 12.4 Å². The van der Waals surface area contributed by atoms with Crippen LogP contribution >= 0.6 is 11.3 Å². The molecule has 0 fully saturated rings. The molecule has 6 nitrogen and oxygen atoms in total. The predicted molar refractivity (Wildman–Crippen MR) is 112 cm³/mol. The maximum absolute atomic E-state index is 13.2. The summed E-state index contributed by atoms with van der Waals surface area (Å²) in [4.78, 5) is 26.0. The van der Waals surface area contributed by atoms with Crippen molar-refractivity contribution < 1.29 is 9.53 Å². The van der Waals surface area contributed by atoms with Crippen molar-refractivity contribution in [3.63, 3.8) is 0 Å². The molecule has 0 aliphatic carbocycles. The molecule has 0 bridgehead atoms. The number of amides is 1. The number of aryl methyl sites for hydroxylation is 1. The van der Waals surface area contributed by atoms with Gasteiger partial charge in [-0.1, -0.05) is 30.3 Å². The number of benzene rings is 2. The molecular formula is C21H19N3O3S. The minimum atomic E-state index is -0.779. The summed E-state index contributed by atoms with van der Waals surface area (Å²) in [5, 5.41) is 8.76. The van der Waals surface area contributed by atoms with Crippen LogP contribution in [0.4, 0.5) is 5.69 Å². The molecule has 0 aliphatic rings. The molecule has 4 rings (SSSR count). The van der Waals surface area contributed by atoms with E-state index < -0.39 is 6.04 Å². The lowest BCUT2D eigenvalue weighted by molar-refractivity contribution is -0.119. The summed E-state index contributed by atoms with van der Waals surface area (Å²) in [5.41, 5.74) is 1.02. The van der Waals surface area contributed by atoms with E-state index in [0.29, 0.717) is 16.8 Å². The Kier molecular flexibility index (Phi) is 4.60. The molecule has 28 heavy (non-hydrogen) atoms. The Balaban J connectivity index is 1.78. The molecule has 1 amide bonds. The predicted octanol–water partition coefficient (Wildman–Crippen LogP) is 4.13. The molecule has 4 aromatic rings. The number of aromatic nitrogens is 2. The Labute approximate surface area is 165 Å². The lowest BCUT2D eigenvalue weighted by Gasteiger charge is -2.16. The summed E-state index contributed by atoms with van der Waals surface area (Å²) in [5.74, 6) is 0.219. The van der Waals surface area contributed by atoms with Crippen LogP contribution < -0.4 is 15.6 Å². The first-order valence-electron chi connectivity index (χ1n) is 8.86. The molecule has 0 saturated carbocycles. The first-order valence-corrected chi connectivity index (χ1v) is 9.67. The third-order valence-electron chi connectivity index (χ3n) is 4.71. The van der Waals surface area contributed by atoms with Crippen LogP contribution in [0.1, 0.15) is 18.7 Å². The fourth-order valence-electron chi connectivity index (χ4n) is 3.24. The number of fused-ring (bicyclic) bond motifs is 3. The summed E-state index contributed by atoms with van der Waals surface area (Å²) < 4.78 is 8.43. The zero-order valence-electron chi connectivity index (χ0n) is 15.7. The number of rotatable bonds is 4. The van der Waals surface area contributed by atoms with E-state index in [-0.39, 0.29) is 11.5 Å². The van der Waals surface area contributed by atoms with Crippen LogP contribution in [-0.2, 0) is 4.79 Å². The Bertz CT molecular complexity index is 1260. The fourth-order valence-corrected chi connectivity index (χ4v) is 4.37. The maximum Gasteiger partial charge on any atom is 0.276 e. The van der Waals surface area contributed by atoms with Gasteiger partial charge in [0.15, 0.2) is 0 Å². The van der Waals surface area contributed by atoms with E-state index in [1.54, 1.807) is 43.6 Å². The minimum absolute atomic E-state index is 0.263. The van der Waals surface area contributed by atoms with Crippen LogP contribution in [0.15, 0.2) is 53.3 Å². The Morgan fingerprint density at radius 2 is 1.89 bits per heavy atom. The number of para-hydroxylation sites is 2.